The molecular formula is C34H35FN4O10S. The Morgan fingerprint density at radius 1 is 0.980 bits per heavy atom. The first-order chi connectivity index (χ1) is 23.8. The second-order valence-corrected chi connectivity index (χ2v) is 13.7. The topological polar surface area (TPSA) is 187 Å². The van der Waals surface area contributed by atoms with Crippen LogP contribution >= 0.6 is 0 Å². The van der Waals surface area contributed by atoms with E-state index in [4.69, 9.17) is 14.2 Å². The highest BCUT2D eigenvalue weighted by Gasteiger charge is 2.46. The van der Waals surface area contributed by atoms with Crippen molar-refractivity contribution < 1.29 is 51.0 Å². The molecule has 1 saturated heterocycles. The molecule has 1 fully saturated rings. The van der Waals surface area contributed by atoms with Gasteiger partial charge in [0.2, 0.25) is 5.91 Å². The number of hydrogen-bond donors (Lipinski definition) is 3. The zero-order chi connectivity index (χ0) is 36.3. The minimum Gasteiger partial charge on any atom is -0.494 e. The molecular weight excluding hydrogens is 675 g/mol. The number of sulfone groups is 1. The average molecular weight is 711 g/mol. The van der Waals surface area contributed by atoms with Crippen LogP contribution in [0, 0.1) is 11.7 Å². The lowest BCUT2D eigenvalue weighted by Gasteiger charge is -2.33. The van der Waals surface area contributed by atoms with E-state index in [-0.39, 0.29) is 69.6 Å². The molecule has 0 bridgehead atoms. The highest BCUT2D eigenvalue weighted by Crippen LogP contribution is 2.44. The van der Waals surface area contributed by atoms with Crippen molar-refractivity contribution in [2.75, 3.05) is 43.8 Å². The summed E-state index contributed by atoms with van der Waals surface area (Å²) in [5.41, 5.74) is 0.921. The maximum Gasteiger partial charge on any atom is 0.411 e. The molecule has 2 aliphatic rings. The fourth-order valence-corrected chi connectivity index (χ4v) is 7.24. The Kier molecular flexibility index (Phi) is 10.4. The van der Waals surface area contributed by atoms with Crippen LogP contribution in [0.1, 0.15) is 64.2 Å². The molecule has 3 atom stereocenters. The first-order valence-electron chi connectivity index (χ1n) is 15.6. The summed E-state index contributed by atoms with van der Waals surface area (Å²) in [6.45, 7) is 3.07. The molecule has 50 heavy (non-hydrogen) atoms. The lowest BCUT2D eigenvalue weighted by molar-refractivity contribution is -0.149. The van der Waals surface area contributed by atoms with Gasteiger partial charge in [0.1, 0.15) is 6.04 Å². The molecule has 0 aromatic heterocycles. The normalized spacial score (nSPS) is 17.4. The van der Waals surface area contributed by atoms with Gasteiger partial charge in [0.15, 0.2) is 21.4 Å². The van der Waals surface area contributed by atoms with Crippen molar-refractivity contribution in [2.24, 2.45) is 5.92 Å². The van der Waals surface area contributed by atoms with Crippen LogP contribution in [0.25, 0.3) is 0 Å². The van der Waals surface area contributed by atoms with Gasteiger partial charge in [-0.05, 0) is 73.0 Å². The number of nitrogens with zero attached hydrogens (tertiary/aromatic N) is 1. The largest absolute Gasteiger partial charge is 0.494 e. The molecule has 3 aromatic rings. The predicted octanol–water partition coefficient (Wildman–Crippen LogP) is 4.00. The maximum atomic E-state index is 14.8. The number of carbonyl (C=O) groups excluding carboxylic acids is 5. The van der Waals surface area contributed by atoms with Gasteiger partial charge in [0.25, 0.3) is 11.8 Å². The third-order valence-corrected chi connectivity index (χ3v) is 10.3. The first-order valence-corrected chi connectivity index (χ1v) is 17.3. The van der Waals surface area contributed by atoms with Crippen molar-refractivity contribution in [3.8, 4) is 5.75 Å². The van der Waals surface area contributed by atoms with E-state index in [0.29, 0.717) is 0 Å². The molecule has 0 radical (unpaired) electrons. The van der Waals surface area contributed by atoms with Crippen molar-refractivity contribution in [1.29, 1.82) is 0 Å². The van der Waals surface area contributed by atoms with Crippen molar-refractivity contribution in [2.45, 2.75) is 37.2 Å². The van der Waals surface area contributed by atoms with Gasteiger partial charge in [0, 0.05) is 17.9 Å². The number of likely N-dealkylation sites (tertiary alicyclic amines) is 1. The minimum absolute atomic E-state index is 0.0218. The van der Waals surface area contributed by atoms with E-state index >= 15 is 0 Å². The molecule has 4 amide bonds. The summed E-state index contributed by atoms with van der Waals surface area (Å²) in [5.74, 6) is -4.69. The van der Waals surface area contributed by atoms with E-state index in [9.17, 15) is 36.8 Å². The lowest BCUT2D eigenvalue weighted by atomic mass is 9.92. The van der Waals surface area contributed by atoms with Crippen LogP contribution < -0.4 is 20.7 Å². The van der Waals surface area contributed by atoms with Crippen LogP contribution in [0.15, 0.2) is 59.5 Å². The van der Waals surface area contributed by atoms with E-state index in [1.807, 2.05) is 0 Å². The van der Waals surface area contributed by atoms with Gasteiger partial charge in [-0.1, -0.05) is 13.0 Å². The molecule has 3 N–H and O–H groups in total. The Labute approximate surface area is 287 Å². The number of methoxy groups -OCH3 is 2. The van der Waals surface area contributed by atoms with E-state index in [0.717, 1.165) is 13.2 Å². The summed E-state index contributed by atoms with van der Waals surface area (Å²) >= 11 is 0. The third kappa shape index (κ3) is 6.96. The second-order valence-electron chi connectivity index (χ2n) is 11.4. The van der Waals surface area contributed by atoms with Crippen LogP contribution in [0.2, 0.25) is 0 Å². The third-order valence-electron chi connectivity index (χ3n) is 8.55. The molecule has 2 aliphatic heterocycles. The fourth-order valence-electron chi connectivity index (χ4n) is 6.12. The molecule has 2 heterocycles. The molecule has 0 aliphatic carbocycles. The second kappa shape index (κ2) is 14.5. The molecule has 0 spiro atoms. The van der Waals surface area contributed by atoms with Crippen LogP contribution in [0.3, 0.4) is 0 Å². The van der Waals surface area contributed by atoms with Gasteiger partial charge in [-0.2, -0.15) is 0 Å². The molecule has 5 rings (SSSR count). The summed E-state index contributed by atoms with van der Waals surface area (Å²) in [5, 5.41) is 7.79. The Bertz CT molecular complexity index is 1990. The average Bonchev–Trinajstić information content (AvgIpc) is 3.67. The summed E-state index contributed by atoms with van der Waals surface area (Å²) in [4.78, 5) is 66.1. The van der Waals surface area contributed by atoms with Crippen LogP contribution in [0.5, 0.6) is 5.75 Å². The first kappa shape index (κ1) is 35.8. The number of imide groups is 1. The Morgan fingerprint density at radius 2 is 1.70 bits per heavy atom. The summed E-state index contributed by atoms with van der Waals surface area (Å²) in [7, 11) is -1.54. The number of anilines is 2. The van der Waals surface area contributed by atoms with Crippen molar-refractivity contribution in [3.05, 3.63) is 82.7 Å². The number of benzene rings is 3. The number of hydrogen-bond acceptors (Lipinski definition) is 11. The Balaban J connectivity index is 1.67. The molecule has 0 saturated carbocycles. The number of nitrogens with one attached hydrogen (secondary N) is 3. The number of ether oxygens (including phenoxy) is 3. The molecule has 16 heteroatoms. The summed E-state index contributed by atoms with van der Waals surface area (Å²) in [6, 6.07) is 9.62. The van der Waals surface area contributed by atoms with Crippen molar-refractivity contribution >= 4 is 51.0 Å². The van der Waals surface area contributed by atoms with Gasteiger partial charge in [-0.15, -0.1) is 0 Å². The molecule has 14 nitrogen and oxygen atoms in total. The SMILES string of the molecule is CCOC(=O)[C@H]1CCN(C(=O)[C@H](Nc2ccc3c(c2)C(=O)NC3=O)c2ccc(F)c(OC)c2)[C@H]1c1cc(NC(=O)OC)ccc1S(=O)(=O)CC. The highest BCUT2D eigenvalue weighted by molar-refractivity contribution is 7.91. The lowest BCUT2D eigenvalue weighted by Crippen LogP contribution is -2.40. The number of rotatable bonds is 11. The highest BCUT2D eigenvalue weighted by atomic mass is 32.2. The van der Waals surface area contributed by atoms with Crippen molar-refractivity contribution in [3.63, 3.8) is 0 Å². The number of halogens is 1. The fraction of sp³-hybridized carbons (Fsp3) is 0.324. The zero-order valence-corrected chi connectivity index (χ0v) is 28.4. The van der Waals surface area contributed by atoms with Gasteiger partial charge in [-0.25, -0.2) is 17.6 Å². The summed E-state index contributed by atoms with van der Waals surface area (Å²) < 4.78 is 56.7. The van der Waals surface area contributed by atoms with Crippen LogP contribution in [0.4, 0.5) is 20.6 Å². The predicted molar refractivity (Wildman–Crippen MR) is 177 cm³/mol. The van der Waals surface area contributed by atoms with Crippen LogP contribution in [-0.2, 0) is 28.9 Å². The van der Waals surface area contributed by atoms with E-state index in [1.165, 1.54) is 67.5 Å². The Hall–Kier alpha value is -5.51. The monoisotopic (exact) mass is 710 g/mol. The van der Waals surface area contributed by atoms with Crippen LogP contribution in [-0.4, -0.2) is 76.2 Å². The zero-order valence-electron chi connectivity index (χ0n) is 27.6. The Morgan fingerprint density at radius 3 is 2.38 bits per heavy atom. The van der Waals surface area contributed by atoms with Gasteiger partial charge in [-0.3, -0.25) is 29.8 Å². The van der Waals surface area contributed by atoms with E-state index in [2.05, 4.69) is 16.0 Å². The summed E-state index contributed by atoms with van der Waals surface area (Å²) in [6.07, 6.45) is -0.738. The van der Waals surface area contributed by atoms with E-state index < -0.39 is 63.4 Å². The quantitative estimate of drug-likeness (QED) is 0.193. The van der Waals surface area contributed by atoms with Gasteiger partial charge in [0.05, 0.1) is 54.6 Å². The number of amides is 4. The number of fused-ring (bicyclic) bond motifs is 1. The standard InChI is InChI=1S/C34H35FN4O10S/c1-5-49-33(43)22-13-14-39(29(22)24-17-20(37-34(44)48-4)9-12-27(24)50(45,46)6-2)32(42)28(18-7-11-25(35)26(15-18)47-3)36-19-8-10-21-23(16-19)31(41)38-30(21)40/h7-12,15-17,22,28-29,36H,5-6,13-14H2,1-4H3,(H,37,44)(H,38,40,41)/t22-,28+,29+/m0/s1. The van der Waals surface area contributed by atoms with E-state index in [1.54, 1.807) is 6.92 Å². The van der Waals surface area contributed by atoms with Gasteiger partial charge < -0.3 is 24.4 Å². The maximum absolute atomic E-state index is 14.8. The smallest absolute Gasteiger partial charge is 0.411 e. The minimum atomic E-state index is -3.95. The van der Waals surface area contributed by atoms with Gasteiger partial charge >= 0.3 is 12.1 Å². The molecule has 3 aromatic carbocycles. The molecule has 0 unspecified atom stereocenters. The number of carbonyl (C=O) groups is 5. The van der Waals surface area contributed by atoms with Crippen molar-refractivity contribution in [1.82, 2.24) is 10.2 Å². The molecule has 264 valence electrons. The number of esters is 1.